The number of anilines is 3. The van der Waals surface area contributed by atoms with Gasteiger partial charge in [0, 0.05) is 33.1 Å². The molecule has 8 aromatic rings. The average Bonchev–Trinajstić information content (AvgIpc) is 3.40. The first-order valence-electron chi connectivity index (χ1n) is 14.5. The largest absolute Gasteiger partial charge is 0.310 e. The van der Waals surface area contributed by atoms with Crippen molar-refractivity contribution in [2.24, 2.45) is 0 Å². The summed E-state index contributed by atoms with van der Waals surface area (Å²) in [6.45, 7) is 0. The zero-order chi connectivity index (χ0) is 28.8. The van der Waals surface area contributed by atoms with Gasteiger partial charge < -0.3 is 9.47 Å². The van der Waals surface area contributed by atoms with E-state index in [2.05, 4.69) is 131 Å². The SMILES string of the molecule is Fc1ccc(N(c2ccccc2)c2ccccc2-c2ccc3c(c2)c2ccccc2n3-c2cccc3ccccc23)cc1. The summed E-state index contributed by atoms with van der Waals surface area (Å²) in [5.41, 5.74) is 8.66. The van der Waals surface area contributed by atoms with Gasteiger partial charge in [-0.3, -0.25) is 0 Å². The van der Waals surface area contributed by atoms with Gasteiger partial charge in [-0.25, -0.2) is 4.39 Å². The van der Waals surface area contributed by atoms with Crippen LogP contribution in [0.1, 0.15) is 0 Å². The van der Waals surface area contributed by atoms with E-state index < -0.39 is 0 Å². The van der Waals surface area contributed by atoms with E-state index in [0.717, 1.165) is 33.7 Å². The van der Waals surface area contributed by atoms with E-state index in [4.69, 9.17) is 0 Å². The number of para-hydroxylation sites is 3. The van der Waals surface area contributed by atoms with Crippen LogP contribution in [0.3, 0.4) is 0 Å². The maximum Gasteiger partial charge on any atom is 0.123 e. The fourth-order valence-corrected chi connectivity index (χ4v) is 6.31. The first-order valence-corrected chi connectivity index (χ1v) is 14.5. The number of nitrogens with zero attached hydrogens (tertiary/aromatic N) is 2. The van der Waals surface area contributed by atoms with Crippen molar-refractivity contribution in [3.8, 4) is 16.8 Å². The molecule has 43 heavy (non-hydrogen) atoms. The molecule has 7 aromatic carbocycles. The Bertz CT molecular complexity index is 2240. The van der Waals surface area contributed by atoms with Gasteiger partial charge in [-0.1, -0.05) is 97.1 Å². The fourth-order valence-electron chi connectivity index (χ4n) is 6.31. The maximum atomic E-state index is 14.0. The van der Waals surface area contributed by atoms with Crippen LogP contribution in [0, 0.1) is 5.82 Å². The number of rotatable bonds is 5. The molecule has 3 heteroatoms. The van der Waals surface area contributed by atoms with Gasteiger partial charge in [0.05, 0.1) is 22.4 Å². The standard InChI is InChI=1S/C40H27FN2/c41-30-22-24-32(25-23-30)42(31-13-2-1-3-14-31)37-18-8-6-16-34(37)29-21-26-40-36(27-29)35-17-7-9-19-39(35)43(40)38-20-10-12-28-11-4-5-15-33(28)38/h1-27H. The molecule has 8 rings (SSSR count). The van der Waals surface area contributed by atoms with Gasteiger partial charge in [0.1, 0.15) is 5.82 Å². The molecule has 0 bridgehead atoms. The molecule has 0 aliphatic rings. The zero-order valence-electron chi connectivity index (χ0n) is 23.4. The van der Waals surface area contributed by atoms with Crippen LogP contribution in [-0.4, -0.2) is 4.57 Å². The summed E-state index contributed by atoms with van der Waals surface area (Å²) in [5, 5.41) is 4.85. The maximum absolute atomic E-state index is 14.0. The third-order valence-electron chi connectivity index (χ3n) is 8.24. The number of fused-ring (bicyclic) bond motifs is 4. The van der Waals surface area contributed by atoms with Gasteiger partial charge in [-0.15, -0.1) is 0 Å². The van der Waals surface area contributed by atoms with Crippen LogP contribution in [-0.2, 0) is 0 Å². The Labute approximate surface area is 249 Å². The molecule has 0 atom stereocenters. The van der Waals surface area contributed by atoms with Crippen LogP contribution in [0.4, 0.5) is 21.5 Å². The van der Waals surface area contributed by atoms with Crippen LogP contribution in [0.2, 0.25) is 0 Å². The molecule has 0 unspecified atom stereocenters. The first kappa shape index (κ1) is 25.1. The first-order chi connectivity index (χ1) is 21.3. The molecule has 0 saturated carbocycles. The van der Waals surface area contributed by atoms with Crippen molar-refractivity contribution >= 4 is 49.6 Å². The third kappa shape index (κ3) is 4.25. The molecule has 0 radical (unpaired) electrons. The predicted octanol–water partition coefficient (Wildman–Crippen LogP) is 11.2. The van der Waals surface area contributed by atoms with Crippen LogP contribution >= 0.6 is 0 Å². The van der Waals surface area contributed by atoms with Crippen LogP contribution in [0.15, 0.2) is 164 Å². The second-order valence-corrected chi connectivity index (χ2v) is 10.7. The van der Waals surface area contributed by atoms with Crippen LogP contribution in [0.25, 0.3) is 49.4 Å². The topological polar surface area (TPSA) is 8.17 Å². The second kappa shape index (κ2) is 10.3. The molecule has 1 aromatic heterocycles. The van der Waals surface area contributed by atoms with E-state index >= 15 is 0 Å². The lowest BCUT2D eigenvalue weighted by Crippen LogP contribution is -2.11. The second-order valence-electron chi connectivity index (χ2n) is 10.7. The van der Waals surface area contributed by atoms with Crippen molar-refractivity contribution in [3.05, 3.63) is 170 Å². The molecule has 0 saturated heterocycles. The average molecular weight is 555 g/mol. The van der Waals surface area contributed by atoms with Gasteiger partial charge in [0.25, 0.3) is 0 Å². The molecule has 0 aliphatic carbocycles. The van der Waals surface area contributed by atoms with Crippen LogP contribution < -0.4 is 4.90 Å². The number of aromatic nitrogens is 1. The predicted molar refractivity (Wildman–Crippen MR) is 178 cm³/mol. The van der Waals surface area contributed by atoms with Crippen molar-refractivity contribution in [3.63, 3.8) is 0 Å². The molecule has 2 nitrogen and oxygen atoms in total. The summed E-state index contributed by atoms with van der Waals surface area (Å²) >= 11 is 0. The van der Waals surface area contributed by atoms with Gasteiger partial charge in [0.2, 0.25) is 0 Å². The smallest absolute Gasteiger partial charge is 0.123 e. The summed E-state index contributed by atoms with van der Waals surface area (Å²) in [7, 11) is 0. The Morgan fingerprint density at radius 3 is 1.98 bits per heavy atom. The highest BCUT2D eigenvalue weighted by atomic mass is 19.1. The number of hydrogen-bond donors (Lipinski definition) is 0. The van der Waals surface area contributed by atoms with Crippen molar-refractivity contribution in [1.82, 2.24) is 4.57 Å². The molecule has 204 valence electrons. The van der Waals surface area contributed by atoms with Crippen molar-refractivity contribution in [2.75, 3.05) is 4.90 Å². The zero-order valence-corrected chi connectivity index (χ0v) is 23.4. The van der Waals surface area contributed by atoms with Crippen molar-refractivity contribution < 1.29 is 4.39 Å². The van der Waals surface area contributed by atoms with E-state index in [1.54, 1.807) is 0 Å². The monoisotopic (exact) mass is 554 g/mol. The van der Waals surface area contributed by atoms with Gasteiger partial charge in [0.15, 0.2) is 0 Å². The summed E-state index contributed by atoms with van der Waals surface area (Å²) in [6, 6.07) is 55.9. The van der Waals surface area contributed by atoms with E-state index in [1.807, 2.05) is 30.3 Å². The Morgan fingerprint density at radius 1 is 0.465 bits per heavy atom. The van der Waals surface area contributed by atoms with E-state index in [1.165, 1.54) is 44.9 Å². The van der Waals surface area contributed by atoms with Gasteiger partial charge in [-0.05, 0) is 77.7 Å². The number of halogens is 1. The molecule has 1 heterocycles. The molecule has 0 amide bonds. The van der Waals surface area contributed by atoms with Crippen molar-refractivity contribution in [2.45, 2.75) is 0 Å². The third-order valence-corrected chi connectivity index (χ3v) is 8.24. The summed E-state index contributed by atoms with van der Waals surface area (Å²) in [4.78, 5) is 2.19. The molecule has 0 N–H and O–H groups in total. The molecule has 0 aliphatic heterocycles. The van der Waals surface area contributed by atoms with E-state index in [9.17, 15) is 4.39 Å². The van der Waals surface area contributed by atoms with E-state index in [-0.39, 0.29) is 5.82 Å². The lowest BCUT2D eigenvalue weighted by molar-refractivity contribution is 0.628. The quantitative estimate of drug-likeness (QED) is 0.205. The Morgan fingerprint density at radius 2 is 1.12 bits per heavy atom. The fraction of sp³-hybridized carbons (Fsp3) is 0. The summed E-state index contributed by atoms with van der Waals surface area (Å²) in [6.07, 6.45) is 0. The molecule has 0 fully saturated rings. The Balaban J connectivity index is 1.36. The minimum Gasteiger partial charge on any atom is -0.310 e. The van der Waals surface area contributed by atoms with Crippen molar-refractivity contribution in [1.29, 1.82) is 0 Å². The molecular weight excluding hydrogens is 527 g/mol. The lowest BCUT2D eigenvalue weighted by atomic mass is 9.99. The molecular formula is C40H27FN2. The minimum absolute atomic E-state index is 0.252. The highest BCUT2D eigenvalue weighted by molar-refractivity contribution is 6.12. The normalized spacial score (nSPS) is 11.4. The van der Waals surface area contributed by atoms with E-state index in [0.29, 0.717) is 0 Å². The summed E-state index contributed by atoms with van der Waals surface area (Å²) in [5.74, 6) is -0.252. The molecule has 0 spiro atoms. The summed E-state index contributed by atoms with van der Waals surface area (Å²) < 4.78 is 16.4. The Kier molecular flexibility index (Phi) is 6.01. The lowest BCUT2D eigenvalue weighted by Gasteiger charge is -2.27. The number of hydrogen-bond acceptors (Lipinski definition) is 1. The highest BCUT2D eigenvalue weighted by Crippen LogP contribution is 2.42. The van der Waals surface area contributed by atoms with Crippen LogP contribution in [0.5, 0.6) is 0 Å². The number of benzene rings is 7. The van der Waals surface area contributed by atoms with Gasteiger partial charge >= 0.3 is 0 Å². The minimum atomic E-state index is -0.252. The highest BCUT2D eigenvalue weighted by Gasteiger charge is 2.19. The Hall–Kier alpha value is -5.67. The van der Waals surface area contributed by atoms with Gasteiger partial charge in [-0.2, -0.15) is 0 Å².